The first-order valence-electron chi connectivity index (χ1n) is 5.12. The van der Waals surface area contributed by atoms with Crippen LogP contribution in [0.5, 0.6) is 0 Å². The van der Waals surface area contributed by atoms with Crippen molar-refractivity contribution in [3.8, 4) is 0 Å². The Labute approximate surface area is 100 Å². The standard InChI is InChI=1S/C10H12F3N3O2/c11-10(12,13)7-3-1-5-9(18)16(7)6-2-4-8(17)15-14/h1,3,5H,2,4,6,14H2,(H,15,17). The smallest absolute Gasteiger partial charge is 0.304 e. The highest BCUT2D eigenvalue weighted by molar-refractivity contribution is 5.75. The van der Waals surface area contributed by atoms with Crippen LogP contribution in [-0.4, -0.2) is 10.5 Å². The topological polar surface area (TPSA) is 77.1 Å². The molecule has 1 aromatic heterocycles. The van der Waals surface area contributed by atoms with E-state index in [1.54, 1.807) is 0 Å². The van der Waals surface area contributed by atoms with Gasteiger partial charge in [0.15, 0.2) is 0 Å². The van der Waals surface area contributed by atoms with Gasteiger partial charge in [-0.05, 0) is 12.5 Å². The molecule has 0 aliphatic carbocycles. The van der Waals surface area contributed by atoms with E-state index in [4.69, 9.17) is 5.84 Å². The highest BCUT2D eigenvalue weighted by atomic mass is 19.4. The molecule has 0 aliphatic heterocycles. The number of halogens is 3. The number of carbonyl (C=O) groups is 1. The molecule has 1 aromatic rings. The summed E-state index contributed by atoms with van der Waals surface area (Å²) in [6.07, 6.45) is -4.55. The van der Waals surface area contributed by atoms with Gasteiger partial charge in [-0.1, -0.05) is 6.07 Å². The third-order valence-electron chi connectivity index (χ3n) is 2.29. The maximum atomic E-state index is 12.6. The lowest BCUT2D eigenvalue weighted by atomic mass is 10.2. The quantitative estimate of drug-likeness (QED) is 0.475. The first-order valence-corrected chi connectivity index (χ1v) is 5.12. The Morgan fingerprint density at radius 2 is 2.06 bits per heavy atom. The lowest BCUT2D eigenvalue weighted by Gasteiger charge is -2.14. The predicted molar refractivity (Wildman–Crippen MR) is 57.3 cm³/mol. The van der Waals surface area contributed by atoms with Crippen LogP contribution in [0.1, 0.15) is 18.5 Å². The molecule has 18 heavy (non-hydrogen) atoms. The van der Waals surface area contributed by atoms with Gasteiger partial charge in [0, 0.05) is 19.0 Å². The Morgan fingerprint density at radius 1 is 1.39 bits per heavy atom. The second kappa shape index (κ2) is 5.67. The Kier molecular flexibility index (Phi) is 4.49. The molecule has 1 rings (SSSR count). The Morgan fingerprint density at radius 3 is 2.61 bits per heavy atom. The lowest BCUT2D eigenvalue weighted by Crippen LogP contribution is -2.31. The molecule has 0 aromatic carbocycles. The van der Waals surface area contributed by atoms with Crippen LogP contribution in [0, 0.1) is 0 Å². The molecule has 100 valence electrons. The Bertz CT molecular complexity index is 482. The molecule has 0 spiro atoms. The fraction of sp³-hybridized carbons (Fsp3) is 0.400. The highest BCUT2D eigenvalue weighted by Gasteiger charge is 2.33. The summed E-state index contributed by atoms with van der Waals surface area (Å²) in [6.45, 7) is -0.193. The number of pyridine rings is 1. The van der Waals surface area contributed by atoms with Crippen LogP contribution in [0.4, 0.5) is 13.2 Å². The third kappa shape index (κ3) is 3.59. The third-order valence-corrected chi connectivity index (χ3v) is 2.29. The van der Waals surface area contributed by atoms with Crippen LogP contribution in [0.3, 0.4) is 0 Å². The largest absolute Gasteiger partial charge is 0.431 e. The number of nitrogens with one attached hydrogen (secondary N) is 1. The molecule has 0 unspecified atom stereocenters. The number of hydrogen-bond acceptors (Lipinski definition) is 3. The first kappa shape index (κ1) is 14.2. The molecule has 8 heteroatoms. The van der Waals surface area contributed by atoms with Gasteiger partial charge in [0.05, 0.1) is 0 Å². The summed E-state index contributed by atoms with van der Waals surface area (Å²) in [6, 6.07) is 2.91. The minimum atomic E-state index is -4.60. The number of amides is 1. The summed E-state index contributed by atoms with van der Waals surface area (Å²) < 4.78 is 38.5. The van der Waals surface area contributed by atoms with Crippen molar-refractivity contribution in [2.24, 2.45) is 5.84 Å². The van der Waals surface area contributed by atoms with E-state index in [0.717, 1.165) is 18.2 Å². The number of alkyl halides is 3. The van der Waals surface area contributed by atoms with E-state index in [-0.39, 0.29) is 19.4 Å². The fourth-order valence-corrected chi connectivity index (χ4v) is 1.47. The minimum absolute atomic E-state index is 0.0465. The molecule has 0 aliphatic rings. The van der Waals surface area contributed by atoms with Gasteiger partial charge in [-0.3, -0.25) is 15.0 Å². The van der Waals surface area contributed by atoms with E-state index in [2.05, 4.69) is 0 Å². The van der Waals surface area contributed by atoms with Gasteiger partial charge in [-0.25, -0.2) is 5.84 Å². The van der Waals surface area contributed by atoms with Crippen molar-refractivity contribution in [1.29, 1.82) is 0 Å². The Hall–Kier alpha value is -1.83. The van der Waals surface area contributed by atoms with Crippen molar-refractivity contribution < 1.29 is 18.0 Å². The van der Waals surface area contributed by atoms with Crippen molar-refractivity contribution in [3.05, 3.63) is 34.2 Å². The molecule has 0 radical (unpaired) electrons. The van der Waals surface area contributed by atoms with E-state index in [1.165, 1.54) is 0 Å². The zero-order valence-corrected chi connectivity index (χ0v) is 9.33. The van der Waals surface area contributed by atoms with Gasteiger partial charge in [0.25, 0.3) is 5.56 Å². The Balaban J connectivity index is 2.88. The van der Waals surface area contributed by atoms with Crippen LogP contribution < -0.4 is 16.8 Å². The van der Waals surface area contributed by atoms with Gasteiger partial charge in [0.1, 0.15) is 5.69 Å². The molecular formula is C10H12F3N3O2. The molecule has 3 N–H and O–H groups in total. The molecule has 0 bridgehead atoms. The maximum Gasteiger partial charge on any atom is 0.431 e. The molecule has 0 saturated carbocycles. The van der Waals surface area contributed by atoms with Gasteiger partial charge < -0.3 is 4.57 Å². The normalized spacial score (nSPS) is 11.3. The number of aromatic nitrogens is 1. The molecule has 0 atom stereocenters. The van der Waals surface area contributed by atoms with Crippen LogP contribution in [0.15, 0.2) is 23.0 Å². The minimum Gasteiger partial charge on any atom is -0.304 e. The molecule has 1 amide bonds. The summed E-state index contributed by atoms with van der Waals surface area (Å²) in [4.78, 5) is 22.2. The summed E-state index contributed by atoms with van der Waals surface area (Å²) >= 11 is 0. The van der Waals surface area contributed by atoms with Crippen molar-refractivity contribution >= 4 is 5.91 Å². The molecule has 0 fully saturated rings. The SMILES string of the molecule is NNC(=O)CCCn1c(C(F)(F)F)cccc1=O. The predicted octanol–water partition coefficient (Wildman–Crippen LogP) is 0.637. The number of nitrogens with zero attached hydrogens (tertiary/aromatic N) is 1. The summed E-state index contributed by atoms with van der Waals surface area (Å²) in [5, 5.41) is 0. The fourth-order valence-electron chi connectivity index (χ4n) is 1.47. The van der Waals surface area contributed by atoms with Gasteiger partial charge >= 0.3 is 6.18 Å². The zero-order valence-electron chi connectivity index (χ0n) is 9.33. The van der Waals surface area contributed by atoms with Crippen molar-refractivity contribution in [2.75, 3.05) is 0 Å². The van der Waals surface area contributed by atoms with E-state index in [9.17, 15) is 22.8 Å². The van der Waals surface area contributed by atoms with Gasteiger partial charge in [-0.15, -0.1) is 0 Å². The van der Waals surface area contributed by atoms with Crippen molar-refractivity contribution in [2.45, 2.75) is 25.6 Å². The zero-order chi connectivity index (χ0) is 13.8. The number of rotatable bonds is 4. The molecule has 0 saturated heterocycles. The van der Waals surface area contributed by atoms with E-state index in [1.807, 2.05) is 5.43 Å². The van der Waals surface area contributed by atoms with E-state index < -0.39 is 23.3 Å². The summed E-state index contributed by atoms with van der Waals surface area (Å²) in [5.74, 6) is 4.34. The van der Waals surface area contributed by atoms with Gasteiger partial charge in [-0.2, -0.15) is 13.2 Å². The molecule has 1 heterocycles. The van der Waals surface area contributed by atoms with Gasteiger partial charge in [0.2, 0.25) is 5.91 Å². The summed E-state index contributed by atoms with van der Waals surface area (Å²) in [5.41, 5.74) is 0.0854. The monoisotopic (exact) mass is 263 g/mol. The van der Waals surface area contributed by atoms with Crippen LogP contribution in [-0.2, 0) is 17.5 Å². The number of carbonyl (C=O) groups excluding carboxylic acids is 1. The van der Waals surface area contributed by atoms with Crippen molar-refractivity contribution in [1.82, 2.24) is 9.99 Å². The van der Waals surface area contributed by atoms with E-state index in [0.29, 0.717) is 4.57 Å². The van der Waals surface area contributed by atoms with E-state index >= 15 is 0 Å². The second-order valence-corrected chi connectivity index (χ2v) is 3.57. The molecule has 5 nitrogen and oxygen atoms in total. The maximum absolute atomic E-state index is 12.6. The average molecular weight is 263 g/mol. The highest BCUT2D eigenvalue weighted by Crippen LogP contribution is 2.28. The number of hydrazine groups is 1. The van der Waals surface area contributed by atoms with Crippen LogP contribution >= 0.6 is 0 Å². The number of hydrogen-bond donors (Lipinski definition) is 2. The van der Waals surface area contributed by atoms with Crippen LogP contribution in [0.25, 0.3) is 0 Å². The molecular weight excluding hydrogens is 251 g/mol. The number of nitrogens with two attached hydrogens (primary N) is 1. The summed E-state index contributed by atoms with van der Waals surface area (Å²) in [7, 11) is 0. The lowest BCUT2D eigenvalue weighted by molar-refractivity contribution is -0.144. The van der Waals surface area contributed by atoms with Crippen molar-refractivity contribution in [3.63, 3.8) is 0 Å². The second-order valence-electron chi connectivity index (χ2n) is 3.57. The van der Waals surface area contributed by atoms with Crippen LogP contribution in [0.2, 0.25) is 0 Å². The average Bonchev–Trinajstić information content (AvgIpc) is 2.29. The first-order chi connectivity index (χ1) is 8.36.